The van der Waals surface area contributed by atoms with Gasteiger partial charge in [0.25, 0.3) is 0 Å². The molecule has 2 rings (SSSR count). The second-order valence-electron chi connectivity index (χ2n) is 5.04. The molecule has 1 aromatic rings. The zero-order valence-corrected chi connectivity index (χ0v) is 10.3. The maximum atomic E-state index is 9.87. The number of aromatic nitrogens is 1. The van der Waals surface area contributed by atoms with Crippen molar-refractivity contribution >= 4 is 0 Å². The molecule has 0 bridgehead atoms. The summed E-state index contributed by atoms with van der Waals surface area (Å²) < 4.78 is 2.24. The van der Waals surface area contributed by atoms with Crippen molar-refractivity contribution in [2.24, 2.45) is 0 Å². The first-order valence-electron chi connectivity index (χ1n) is 6.18. The Hall–Kier alpha value is -0.800. The normalized spacial score (nSPS) is 20.1. The number of fused-ring (bicyclic) bond motifs is 1. The molecule has 1 aromatic heterocycles. The highest BCUT2D eigenvalue weighted by Crippen LogP contribution is 2.30. The van der Waals surface area contributed by atoms with E-state index in [9.17, 15) is 5.11 Å². The summed E-state index contributed by atoms with van der Waals surface area (Å²) in [6, 6.07) is 0. The molecule has 0 aliphatic heterocycles. The Morgan fingerprint density at radius 2 is 2.25 bits per heavy atom. The van der Waals surface area contributed by atoms with Gasteiger partial charge >= 0.3 is 0 Å². The van der Waals surface area contributed by atoms with Crippen molar-refractivity contribution in [1.82, 2.24) is 9.47 Å². The molecule has 0 saturated carbocycles. The van der Waals surface area contributed by atoms with Crippen molar-refractivity contribution in [2.75, 3.05) is 20.6 Å². The Labute approximate surface area is 97.7 Å². The zero-order chi connectivity index (χ0) is 11.5. The van der Waals surface area contributed by atoms with Gasteiger partial charge in [-0.05, 0) is 51.9 Å². The van der Waals surface area contributed by atoms with Crippen LogP contribution in [0.25, 0.3) is 0 Å². The lowest BCUT2D eigenvalue weighted by Crippen LogP contribution is -2.14. The van der Waals surface area contributed by atoms with Crippen LogP contribution in [0.1, 0.15) is 36.5 Å². The average molecular weight is 222 g/mol. The third kappa shape index (κ3) is 2.66. The van der Waals surface area contributed by atoms with Crippen LogP contribution in [0.3, 0.4) is 0 Å². The summed E-state index contributed by atoms with van der Waals surface area (Å²) in [5.41, 5.74) is 2.51. The summed E-state index contributed by atoms with van der Waals surface area (Å²) in [7, 11) is 4.20. The lowest BCUT2D eigenvalue weighted by molar-refractivity contribution is 0.157. The number of nitrogens with zero attached hydrogens (tertiary/aromatic N) is 2. The summed E-state index contributed by atoms with van der Waals surface area (Å²) in [5, 5.41) is 9.87. The van der Waals surface area contributed by atoms with Gasteiger partial charge in [-0.25, -0.2) is 0 Å². The summed E-state index contributed by atoms with van der Waals surface area (Å²) in [6.07, 6.45) is 8.47. The maximum absolute atomic E-state index is 9.87. The molecule has 1 N–H and O–H groups in total. The molecule has 0 radical (unpaired) electrons. The van der Waals surface area contributed by atoms with Crippen LogP contribution in [-0.2, 0) is 13.0 Å². The van der Waals surface area contributed by atoms with Gasteiger partial charge in [0.2, 0.25) is 0 Å². The summed E-state index contributed by atoms with van der Waals surface area (Å²) in [6.45, 7) is 2.17. The van der Waals surface area contributed by atoms with E-state index >= 15 is 0 Å². The second kappa shape index (κ2) is 5.02. The minimum Gasteiger partial charge on any atom is -0.388 e. The molecular weight excluding hydrogens is 200 g/mol. The molecule has 3 nitrogen and oxygen atoms in total. The summed E-state index contributed by atoms with van der Waals surface area (Å²) >= 11 is 0. The van der Waals surface area contributed by atoms with Crippen LogP contribution in [0.5, 0.6) is 0 Å². The molecule has 90 valence electrons. The smallest absolute Gasteiger partial charge is 0.0807 e. The predicted molar refractivity (Wildman–Crippen MR) is 65.5 cm³/mol. The fourth-order valence-corrected chi connectivity index (χ4v) is 2.42. The first kappa shape index (κ1) is 11.7. The molecule has 0 amide bonds. The van der Waals surface area contributed by atoms with Crippen molar-refractivity contribution in [1.29, 1.82) is 0 Å². The number of aliphatic hydroxyl groups excluding tert-OH is 1. The van der Waals surface area contributed by atoms with E-state index < -0.39 is 0 Å². The van der Waals surface area contributed by atoms with Crippen molar-refractivity contribution in [3.05, 3.63) is 23.5 Å². The standard InChI is InChI=1S/C13H22N2O/c1-14(2)7-4-8-15-9-11-5-3-6-13(16)12(11)10-15/h9-10,13,16H,3-8H2,1-2H3. The van der Waals surface area contributed by atoms with E-state index in [1.165, 1.54) is 5.56 Å². The van der Waals surface area contributed by atoms with E-state index in [4.69, 9.17) is 0 Å². The number of rotatable bonds is 4. The topological polar surface area (TPSA) is 28.4 Å². The van der Waals surface area contributed by atoms with E-state index in [0.29, 0.717) is 0 Å². The van der Waals surface area contributed by atoms with Gasteiger partial charge in [0.1, 0.15) is 0 Å². The average Bonchev–Trinajstić information content (AvgIpc) is 2.61. The Bertz CT molecular complexity index is 344. The number of aliphatic hydroxyl groups is 1. The lowest BCUT2D eigenvalue weighted by atomic mass is 9.93. The maximum Gasteiger partial charge on any atom is 0.0807 e. The first-order chi connectivity index (χ1) is 7.66. The molecule has 0 aromatic carbocycles. The first-order valence-corrected chi connectivity index (χ1v) is 6.18. The van der Waals surface area contributed by atoms with Gasteiger partial charge in [0.05, 0.1) is 6.10 Å². The van der Waals surface area contributed by atoms with Crippen LogP contribution in [-0.4, -0.2) is 35.2 Å². The van der Waals surface area contributed by atoms with E-state index in [2.05, 4.69) is 36.0 Å². The summed E-state index contributed by atoms with van der Waals surface area (Å²) in [5.74, 6) is 0. The Morgan fingerprint density at radius 3 is 2.94 bits per heavy atom. The molecule has 16 heavy (non-hydrogen) atoms. The molecule has 1 unspecified atom stereocenters. The third-order valence-electron chi connectivity index (χ3n) is 3.30. The van der Waals surface area contributed by atoms with Crippen LogP contribution >= 0.6 is 0 Å². The van der Waals surface area contributed by atoms with Crippen molar-refractivity contribution < 1.29 is 5.11 Å². The molecule has 0 fully saturated rings. The van der Waals surface area contributed by atoms with Gasteiger partial charge < -0.3 is 14.6 Å². The van der Waals surface area contributed by atoms with E-state index in [1.807, 2.05) is 0 Å². The second-order valence-corrected chi connectivity index (χ2v) is 5.04. The summed E-state index contributed by atoms with van der Waals surface area (Å²) in [4.78, 5) is 2.21. The number of hydrogen-bond acceptors (Lipinski definition) is 2. The van der Waals surface area contributed by atoms with Gasteiger partial charge in [-0.1, -0.05) is 0 Å². The fraction of sp³-hybridized carbons (Fsp3) is 0.692. The molecule has 1 aliphatic rings. The van der Waals surface area contributed by atoms with Crippen LogP contribution < -0.4 is 0 Å². The SMILES string of the molecule is CN(C)CCCn1cc2c(c1)C(O)CCC2. The van der Waals surface area contributed by atoms with Gasteiger partial charge in [0.15, 0.2) is 0 Å². The van der Waals surface area contributed by atoms with Gasteiger partial charge in [-0.2, -0.15) is 0 Å². The van der Waals surface area contributed by atoms with Crippen molar-refractivity contribution in [2.45, 2.75) is 38.3 Å². The van der Waals surface area contributed by atoms with Gasteiger partial charge in [-0.3, -0.25) is 0 Å². The molecule has 1 aliphatic carbocycles. The third-order valence-corrected chi connectivity index (χ3v) is 3.30. The highest BCUT2D eigenvalue weighted by molar-refractivity contribution is 5.28. The van der Waals surface area contributed by atoms with Crippen LogP contribution in [0.15, 0.2) is 12.4 Å². The minimum absolute atomic E-state index is 0.223. The molecule has 0 saturated heterocycles. The molecule has 0 spiro atoms. The highest BCUT2D eigenvalue weighted by Gasteiger charge is 2.19. The largest absolute Gasteiger partial charge is 0.388 e. The molecule has 1 atom stereocenters. The zero-order valence-electron chi connectivity index (χ0n) is 10.3. The Kier molecular flexibility index (Phi) is 3.66. The Balaban J connectivity index is 1.96. The number of aryl methyl sites for hydroxylation is 2. The van der Waals surface area contributed by atoms with Gasteiger partial charge in [-0.15, -0.1) is 0 Å². The van der Waals surface area contributed by atoms with Crippen LogP contribution in [0, 0.1) is 0 Å². The van der Waals surface area contributed by atoms with Crippen molar-refractivity contribution in [3.8, 4) is 0 Å². The molecule has 3 heteroatoms. The molecule has 1 heterocycles. The quantitative estimate of drug-likeness (QED) is 0.841. The van der Waals surface area contributed by atoms with E-state index in [0.717, 1.165) is 44.3 Å². The highest BCUT2D eigenvalue weighted by atomic mass is 16.3. The predicted octanol–water partition coefficient (Wildman–Crippen LogP) is 1.81. The number of hydrogen-bond donors (Lipinski definition) is 1. The van der Waals surface area contributed by atoms with Crippen LogP contribution in [0.4, 0.5) is 0 Å². The lowest BCUT2D eigenvalue weighted by Gasteiger charge is -2.16. The van der Waals surface area contributed by atoms with E-state index in [1.54, 1.807) is 0 Å². The van der Waals surface area contributed by atoms with Crippen molar-refractivity contribution in [3.63, 3.8) is 0 Å². The fourth-order valence-electron chi connectivity index (χ4n) is 2.42. The van der Waals surface area contributed by atoms with E-state index in [-0.39, 0.29) is 6.10 Å². The van der Waals surface area contributed by atoms with Gasteiger partial charge in [0, 0.05) is 24.5 Å². The molecular formula is C13H22N2O. The monoisotopic (exact) mass is 222 g/mol. The Morgan fingerprint density at radius 1 is 1.44 bits per heavy atom. The minimum atomic E-state index is -0.223. The van der Waals surface area contributed by atoms with Crippen LogP contribution in [0.2, 0.25) is 0 Å².